The summed E-state index contributed by atoms with van der Waals surface area (Å²) in [6, 6.07) is 0. The predicted molar refractivity (Wildman–Crippen MR) is 51.0 cm³/mol. The number of hydrogen-bond donors (Lipinski definition) is 1. The van der Waals surface area contributed by atoms with Gasteiger partial charge < -0.3 is 9.67 Å². The second-order valence-electron chi connectivity index (χ2n) is 4.07. The molecule has 1 heterocycles. The van der Waals surface area contributed by atoms with E-state index in [0.717, 1.165) is 25.1 Å². The standard InChI is InChI=1S/C10H14N2O2/c1-12-6-5-11-9(12)10(3-2-4-10)7-8(13)14/h5-6H,2-4,7H2,1H3,(H,13,14). The predicted octanol–water partition coefficient (Wildman–Crippen LogP) is 1.32. The van der Waals surface area contributed by atoms with E-state index in [1.165, 1.54) is 0 Å². The van der Waals surface area contributed by atoms with Crippen LogP contribution in [0.3, 0.4) is 0 Å². The van der Waals surface area contributed by atoms with E-state index in [1.54, 1.807) is 6.20 Å². The fourth-order valence-corrected chi connectivity index (χ4v) is 2.25. The number of carbonyl (C=O) groups is 1. The van der Waals surface area contributed by atoms with E-state index in [9.17, 15) is 4.79 Å². The minimum Gasteiger partial charge on any atom is -0.481 e. The van der Waals surface area contributed by atoms with Crippen LogP contribution in [0.15, 0.2) is 12.4 Å². The fourth-order valence-electron chi connectivity index (χ4n) is 2.25. The van der Waals surface area contributed by atoms with Crippen molar-refractivity contribution in [3.8, 4) is 0 Å². The van der Waals surface area contributed by atoms with Gasteiger partial charge in [0, 0.05) is 24.9 Å². The Labute approximate surface area is 82.6 Å². The summed E-state index contributed by atoms with van der Waals surface area (Å²) in [6.07, 6.45) is 6.82. The van der Waals surface area contributed by atoms with E-state index in [-0.39, 0.29) is 11.8 Å². The molecule has 14 heavy (non-hydrogen) atoms. The lowest BCUT2D eigenvalue weighted by Gasteiger charge is -2.39. The molecular formula is C10H14N2O2. The maximum absolute atomic E-state index is 10.8. The first-order valence-corrected chi connectivity index (χ1v) is 4.84. The Morgan fingerprint density at radius 2 is 2.43 bits per heavy atom. The Balaban J connectivity index is 2.29. The Morgan fingerprint density at radius 3 is 2.79 bits per heavy atom. The molecule has 0 bridgehead atoms. The Hall–Kier alpha value is -1.32. The van der Waals surface area contributed by atoms with Gasteiger partial charge in [0.25, 0.3) is 0 Å². The van der Waals surface area contributed by atoms with E-state index in [0.29, 0.717) is 0 Å². The highest BCUT2D eigenvalue weighted by atomic mass is 16.4. The first-order valence-electron chi connectivity index (χ1n) is 4.84. The number of aliphatic carboxylic acids is 1. The van der Waals surface area contributed by atoms with Crippen LogP contribution in [0.4, 0.5) is 0 Å². The molecule has 4 nitrogen and oxygen atoms in total. The van der Waals surface area contributed by atoms with Gasteiger partial charge in [0.05, 0.1) is 6.42 Å². The van der Waals surface area contributed by atoms with Crippen molar-refractivity contribution in [3.63, 3.8) is 0 Å². The third-order valence-corrected chi connectivity index (χ3v) is 3.10. The zero-order chi connectivity index (χ0) is 10.2. The molecule has 0 radical (unpaired) electrons. The number of aryl methyl sites for hydroxylation is 1. The number of nitrogens with zero attached hydrogens (tertiary/aromatic N) is 2. The molecule has 0 spiro atoms. The molecule has 0 saturated heterocycles. The van der Waals surface area contributed by atoms with Gasteiger partial charge >= 0.3 is 5.97 Å². The van der Waals surface area contributed by atoms with Gasteiger partial charge in [-0.15, -0.1) is 0 Å². The molecule has 1 fully saturated rings. The highest BCUT2D eigenvalue weighted by Crippen LogP contribution is 2.45. The third-order valence-electron chi connectivity index (χ3n) is 3.10. The Kier molecular flexibility index (Phi) is 2.06. The molecule has 0 aliphatic heterocycles. The number of hydrogen-bond acceptors (Lipinski definition) is 2. The van der Waals surface area contributed by atoms with Crippen molar-refractivity contribution < 1.29 is 9.90 Å². The Bertz CT molecular complexity index is 353. The highest BCUT2D eigenvalue weighted by molar-refractivity contribution is 5.69. The van der Waals surface area contributed by atoms with Crippen LogP contribution in [0, 0.1) is 0 Å². The van der Waals surface area contributed by atoms with Crippen LogP contribution < -0.4 is 0 Å². The van der Waals surface area contributed by atoms with E-state index >= 15 is 0 Å². The molecule has 4 heteroatoms. The van der Waals surface area contributed by atoms with Crippen LogP contribution in [-0.4, -0.2) is 20.6 Å². The molecule has 1 aromatic heterocycles. The SMILES string of the molecule is Cn1ccnc1C1(CC(=O)O)CCC1. The number of carboxylic acid groups (broad SMARTS) is 1. The lowest BCUT2D eigenvalue weighted by Crippen LogP contribution is -2.38. The minimum absolute atomic E-state index is 0.190. The largest absolute Gasteiger partial charge is 0.481 e. The fraction of sp³-hybridized carbons (Fsp3) is 0.600. The molecule has 1 aromatic rings. The second-order valence-corrected chi connectivity index (χ2v) is 4.07. The van der Waals surface area contributed by atoms with Gasteiger partial charge in [-0.3, -0.25) is 4.79 Å². The van der Waals surface area contributed by atoms with Crippen molar-refractivity contribution in [3.05, 3.63) is 18.2 Å². The van der Waals surface area contributed by atoms with Gasteiger partial charge in [-0.2, -0.15) is 0 Å². The molecule has 0 amide bonds. The number of aromatic nitrogens is 2. The maximum atomic E-state index is 10.8. The van der Waals surface area contributed by atoms with Gasteiger partial charge in [0.1, 0.15) is 5.82 Å². The molecule has 0 atom stereocenters. The molecule has 1 N–H and O–H groups in total. The van der Waals surface area contributed by atoms with Crippen LogP contribution in [0.5, 0.6) is 0 Å². The monoisotopic (exact) mass is 194 g/mol. The van der Waals surface area contributed by atoms with E-state index in [1.807, 2.05) is 17.8 Å². The van der Waals surface area contributed by atoms with E-state index < -0.39 is 5.97 Å². The van der Waals surface area contributed by atoms with Gasteiger partial charge in [0.2, 0.25) is 0 Å². The van der Waals surface area contributed by atoms with Crippen molar-refractivity contribution in [2.45, 2.75) is 31.1 Å². The topological polar surface area (TPSA) is 55.1 Å². The summed E-state index contributed by atoms with van der Waals surface area (Å²) in [5.74, 6) is 0.193. The van der Waals surface area contributed by atoms with Gasteiger partial charge in [-0.05, 0) is 12.8 Å². The van der Waals surface area contributed by atoms with Gasteiger partial charge in [-0.25, -0.2) is 4.98 Å². The summed E-state index contributed by atoms with van der Waals surface area (Å²) in [4.78, 5) is 15.0. The van der Waals surface area contributed by atoms with Crippen LogP contribution >= 0.6 is 0 Å². The first kappa shape index (κ1) is 9.24. The van der Waals surface area contributed by atoms with Crippen molar-refractivity contribution in [2.75, 3.05) is 0 Å². The normalized spacial score (nSPS) is 18.9. The molecule has 0 aromatic carbocycles. The third kappa shape index (κ3) is 1.31. The lowest BCUT2D eigenvalue weighted by molar-refractivity contribution is -0.139. The zero-order valence-corrected chi connectivity index (χ0v) is 8.23. The summed E-state index contributed by atoms with van der Waals surface area (Å²) >= 11 is 0. The maximum Gasteiger partial charge on any atom is 0.304 e. The molecule has 0 unspecified atom stereocenters. The second kappa shape index (κ2) is 3.12. The molecule has 1 saturated carbocycles. The quantitative estimate of drug-likeness (QED) is 0.789. The van der Waals surface area contributed by atoms with Crippen LogP contribution in [0.1, 0.15) is 31.5 Å². The van der Waals surface area contributed by atoms with E-state index in [2.05, 4.69) is 4.98 Å². The highest BCUT2D eigenvalue weighted by Gasteiger charge is 2.43. The zero-order valence-electron chi connectivity index (χ0n) is 8.23. The minimum atomic E-state index is -0.729. The average molecular weight is 194 g/mol. The van der Waals surface area contributed by atoms with Crippen molar-refractivity contribution >= 4 is 5.97 Å². The van der Waals surface area contributed by atoms with Crippen molar-refractivity contribution in [1.29, 1.82) is 0 Å². The smallest absolute Gasteiger partial charge is 0.304 e. The molecule has 1 aliphatic carbocycles. The number of imidazole rings is 1. The van der Waals surface area contributed by atoms with Crippen LogP contribution in [0.25, 0.3) is 0 Å². The van der Waals surface area contributed by atoms with Gasteiger partial charge in [0.15, 0.2) is 0 Å². The number of carboxylic acids is 1. The summed E-state index contributed by atoms with van der Waals surface area (Å²) in [7, 11) is 1.92. The van der Waals surface area contributed by atoms with E-state index in [4.69, 9.17) is 5.11 Å². The average Bonchev–Trinajstić information content (AvgIpc) is 2.44. The van der Waals surface area contributed by atoms with Crippen molar-refractivity contribution in [1.82, 2.24) is 9.55 Å². The molecule has 76 valence electrons. The summed E-state index contributed by atoms with van der Waals surface area (Å²) < 4.78 is 1.93. The molecule has 1 aliphatic rings. The van der Waals surface area contributed by atoms with Crippen LogP contribution in [-0.2, 0) is 17.3 Å². The first-order chi connectivity index (χ1) is 6.64. The summed E-state index contributed by atoms with van der Waals surface area (Å²) in [6.45, 7) is 0. The summed E-state index contributed by atoms with van der Waals surface area (Å²) in [5, 5.41) is 8.87. The summed E-state index contributed by atoms with van der Waals surface area (Å²) in [5.41, 5.74) is -0.190. The number of rotatable bonds is 3. The van der Waals surface area contributed by atoms with Crippen molar-refractivity contribution in [2.24, 2.45) is 7.05 Å². The van der Waals surface area contributed by atoms with Crippen LogP contribution in [0.2, 0.25) is 0 Å². The molecule has 2 rings (SSSR count). The van der Waals surface area contributed by atoms with Gasteiger partial charge in [-0.1, -0.05) is 6.42 Å². The lowest BCUT2D eigenvalue weighted by atomic mass is 9.66. The Morgan fingerprint density at radius 1 is 1.71 bits per heavy atom. The molecular weight excluding hydrogens is 180 g/mol.